The van der Waals surface area contributed by atoms with Crippen molar-refractivity contribution < 1.29 is 9.90 Å². The number of nitrogens with one attached hydrogen (secondary N) is 1. The summed E-state index contributed by atoms with van der Waals surface area (Å²) in [7, 11) is 1.75. The number of aromatic nitrogens is 1. The highest BCUT2D eigenvalue weighted by molar-refractivity contribution is 5.93. The molecule has 0 spiro atoms. The Morgan fingerprint density at radius 3 is 2.83 bits per heavy atom. The standard InChI is InChI=1S/C13H21N3O2/c1-9(2)16-6-4-5-10(16)13(18)15(3)11-7-14-8-12(11)17/h4-6,9,11-12,14,17H,7-8H2,1-3H3/t11-,12-/m0/s1. The van der Waals surface area contributed by atoms with Crippen LogP contribution in [-0.2, 0) is 0 Å². The number of carbonyl (C=O) groups is 1. The highest BCUT2D eigenvalue weighted by atomic mass is 16.3. The lowest BCUT2D eigenvalue weighted by Gasteiger charge is -2.27. The number of likely N-dealkylation sites (N-methyl/N-ethyl adjacent to an activating group) is 1. The average molecular weight is 251 g/mol. The van der Waals surface area contributed by atoms with Gasteiger partial charge in [-0.2, -0.15) is 0 Å². The van der Waals surface area contributed by atoms with E-state index in [1.165, 1.54) is 0 Å². The van der Waals surface area contributed by atoms with Crippen LogP contribution in [0.2, 0.25) is 0 Å². The zero-order valence-corrected chi connectivity index (χ0v) is 11.1. The molecule has 0 bridgehead atoms. The van der Waals surface area contributed by atoms with Crippen LogP contribution in [0, 0.1) is 0 Å². The number of amides is 1. The van der Waals surface area contributed by atoms with Gasteiger partial charge in [-0.1, -0.05) is 0 Å². The highest BCUT2D eigenvalue weighted by Crippen LogP contribution is 2.16. The van der Waals surface area contributed by atoms with Crippen molar-refractivity contribution in [1.29, 1.82) is 0 Å². The maximum atomic E-state index is 12.4. The van der Waals surface area contributed by atoms with Crippen LogP contribution < -0.4 is 5.32 Å². The molecule has 0 radical (unpaired) electrons. The average Bonchev–Trinajstić information content (AvgIpc) is 2.95. The van der Waals surface area contributed by atoms with E-state index < -0.39 is 6.10 Å². The normalized spacial score (nSPS) is 23.6. The summed E-state index contributed by atoms with van der Waals surface area (Å²) in [5.74, 6) is -0.0403. The third-order valence-electron chi connectivity index (χ3n) is 3.52. The molecule has 0 aromatic carbocycles. The van der Waals surface area contributed by atoms with Crippen molar-refractivity contribution in [3.63, 3.8) is 0 Å². The fourth-order valence-corrected chi connectivity index (χ4v) is 2.40. The number of hydrogen-bond acceptors (Lipinski definition) is 3. The highest BCUT2D eigenvalue weighted by Gasteiger charge is 2.32. The number of aliphatic hydroxyl groups is 1. The van der Waals surface area contributed by atoms with Gasteiger partial charge < -0.3 is 19.9 Å². The number of rotatable bonds is 3. The van der Waals surface area contributed by atoms with Gasteiger partial charge in [-0.25, -0.2) is 0 Å². The summed E-state index contributed by atoms with van der Waals surface area (Å²) in [6.45, 7) is 5.28. The van der Waals surface area contributed by atoms with Gasteiger partial charge in [0, 0.05) is 32.4 Å². The Bertz CT molecular complexity index is 428. The maximum absolute atomic E-state index is 12.4. The fraction of sp³-hybridized carbons (Fsp3) is 0.615. The first kappa shape index (κ1) is 13.1. The molecule has 100 valence electrons. The summed E-state index contributed by atoms with van der Waals surface area (Å²) in [5, 5.41) is 12.9. The van der Waals surface area contributed by atoms with Crippen molar-refractivity contribution in [1.82, 2.24) is 14.8 Å². The predicted octanol–water partition coefficient (Wildman–Crippen LogP) is 0.474. The summed E-state index contributed by atoms with van der Waals surface area (Å²) in [6.07, 6.45) is 1.43. The Kier molecular flexibility index (Phi) is 3.73. The summed E-state index contributed by atoms with van der Waals surface area (Å²) < 4.78 is 1.95. The molecule has 1 fully saturated rings. The van der Waals surface area contributed by atoms with Gasteiger partial charge in [-0.15, -0.1) is 0 Å². The van der Waals surface area contributed by atoms with E-state index in [9.17, 15) is 9.90 Å². The van der Waals surface area contributed by atoms with Crippen molar-refractivity contribution in [2.24, 2.45) is 0 Å². The quantitative estimate of drug-likeness (QED) is 0.821. The Morgan fingerprint density at radius 2 is 2.28 bits per heavy atom. The molecule has 5 heteroatoms. The van der Waals surface area contributed by atoms with Crippen LogP contribution in [-0.4, -0.2) is 52.8 Å². The topological polar surface area (TPSA) is 57.5 Å². The second kappa shape index (κ2) is 5.12. The molecule has 1 aliphatic rings. The molecule has 1 aromatic rings. The smallest absolute Gasteiger partial charge is 0.270 e. The molecule has 1 amide bonds. The van der Waals surface area contributed by atoms with Gasteiger partial charge >= 0.3 is 0 Å². The summed E-state index contributed by atoms with van der Waals surface area (Å²) in [6, 6.07) is 3.81. The molecule has 0 aliphatic carbocycles. The van der Waals surface area contributed by atoms with E-state index in [2.05, 4.69) is 5.32 Å². The molecule has 1 saturated heterocycles. The minimum absolute atomic E-state index is 0.0403. The maximum Gasteiger partial charge on any atom is 0.270 e. The minimum atomic E-state index is -0.485. The molecule has 2 atom stereocenters. The lowest BCUT2D eigenvalue weighted by Crippen LogP contribution is -2.44. The third-order valence-corrected chi connectivity index (χ3v) is 3.52. The Hall–Kier alpha value is -1.33. The first-order valence-electron chi connectivity index (χ1n) is 6.35. The van der Waals surface area contributed by atoms with Crippen LogP contribution in [0.15, 0.2) is 18.3 Å². The predicted molar refractivity (Wildman–Crippen MR) is 69.6 cm³/mol. The van der Waals surface area contributed by atoms with Gasteiger partial charge in [0.15, 0.2) is 0 Å². The molecular formula is C13H21N3O2. The lowest BCUT2D eigenvalue weighted by molar-refractivity contribution is 0.0570. The van der Waals surface area contributed by atoms with Crippen LogP contribution in [0.5, 0.6) is 0 Å². The largest absolute Gasteiger partial charge is 0.390 e. The first-order chi connectivity index (χ1) is 8.52. The van der Waals surface area contributed by atoms with Gasteiger partial charge in [0.1, 0.15) is 5.69 Å². The molecular weight excluding hydrogens is 230 g/mol. The number of β-amino-alcohol motifs (C(OH)–C–C–N with tert-alkyl or cyclic N) is 1. The van der Waals surface area contributed by atoms with Gasteiger partial charge in [-0.3, -0.25) is 4.79 Å². The Labute approximate surface area is 107 Å². The number of carbonyl (C=O) groups excluding carboxylic acids is 1. The van der Waals surface area contributed by atoms with E-state index in [1.807, 2.05) is 36.7 Å². The molecule has 18 heavy (non-hydrogen) atoms. The molecule has 0 unspecified atom stereocenters. The molecule has 1 aromatic heterocycles. The zero-order valence-electron chi connectivity index (χ0n) is 11.1. The first-order valence-corrected chi connectivity index (χ1v) is 6.35. The molecule has 2 rings (SSSR count). The summed E-state index contributed by atoms with van der Waals surface area (Å²) >= 11 is 0. The van der Waals surface area contributed by atoms with Crippen molar-refractivity contribution in [2.75, 3.05) is 20.1 Å². The van der Waals surface area contributed by atoms with Crippen molar-refractivity contribution >= 4 is 5.91 Å². The van der Waals surface area contributed by atoms with E-state index in [0.29, 0.717) is 18.8 Å². The van der Waals surface area contributed by atoms with Crippen molar-refractivity contribution in [3.05, 3.63) is 24.0 Å². The van der Waals surface area contributed by atoms with Gasteiger partial charge in [0.25, 0.3) is 5.91 Å². The van der Waals surface area contributed by atoms with Crippen LogP contribution in [0.1, 0.15) is 30.4 Å². The van der Waals surface area contributed by atoms with Crippen LogP contribution in [0.3, 0.4) is 0 Å². The second-order valence-electron chi connectivity index (χ2n) is 5.10. The van der Waals surface area contributed by atoms with E-state index in [-0.39, 0.29) is 18.0 Å². The van der Waals surface area contributed by atoms with E-state index in [0.717, 1.165) is 0 Å². The number of aliphatic hydroxyl groups excluding tert-OH is 1. The SMILES string of the molecule is CC(C)n1cccc1C(=O)N(C)[C@H]1CNC[C@@H]1O. The molecule has 0 saturated carbocycles. The monoisotopic (exact) mass is 251 g/mol. The zero-order chi connectivity index (χ0) is 13.3. The third kappa shape index (κ3) is 2.28. The number of nitrogens with zero attached hydrogens (tertiary/aromatic N) is 2. The van der Waals surface area contributed by atoms with Crippen molar-refractivity contribution in [3.8, 4) is 0 Å². The van der Waals surface area contributed by atoms with Gasteiger partial charge in [0.2, 0.25) is 0 Å². The summed E-state index contributed by atoms with van der Waals surface area (Å²) in [5.41, 5.74) is 0.673. The van der Waals surface area contributed by atoms with Gasteiger partial charge in [-0.05, 0) is 26.0 Å². The molecule has 5 nitrogen and oxygen atoms in total. The van der Waals surface area contributed by atoms with E-state index in [4.69, 9.17) is 0 Å². The molecule has 2 heterocycles. The van der Waals surface area contributed by atoms with Crippen LogP contribution >= 0.6 is 0 Å². The molecule has 1 aliphatic heterocycles. The Balaban J connectivity index is 2.17. The van der Waals surface area contributed by atoms with E-state index in [1.54, 1.807) is 11.9 Å². The Morgan fingerprint density at radius 1 is 1.56 bits per heavy atom. The van der Waals surface area contributed by atoms with Gasteiger partial charge in [0.05, 0.1) is 12.1 Å². The molecule has 2 N–H and O–H groups in total. The summed E-state index contributed by atoms with van der Waals surface area (Å²) in [4.78, 5) is 14.1. The van der Waals surface area contributed by atoms with Crippen LogP contribution in [0.25, 0.3) is 0 Å². The van der Waals surface area contributed by atoms with Crippen LogP contribution in [0.4, 0.5) is 0 Å². The van der Waals surface area contributed by atoms with E-state index >= 15 is 0 Å². The minimum Gasteiger partial charge on any atom is -0.390 e. The lowest BCUT2D eigenvalue weighted by atomic mass is 10.2. The van der Waals surface area contributed by atoms with Crippen molar-refractivity contribution in [2.45, 2.75) is 32.0 Å². The number of hydrogen-bond donors (Lipinski definition) is 2. The second-order valence-corrected chi connectivity index (χ2v) is 5.10. The fourth-order valence-electron chi connectivity index (χ4n) is 2.40.